The molecule has 0 saturated heterocycles. The summed E-state index contributed by atoms with van der Waals surface area (Å²) in [4.78, 5) is 12.4. The van der Waals surface area contributed by atoms with Crippen molar-refractivity contribution in [2.45, 2.75) is 13.8 Å². The highest BCUT2D eigenvalue weighted by atomic mass is 19.1. The van der Waals surface area contributed by atoms with Crippen molar-refractivity contribution in [3.05, 3.63) is 83.3 Å². The third-order valence-electron chi connectivity index (χ3n) is 3.91. The smallest absolute Gasteiger partial charge is 0.340 e. The van der Waals surface area contributed by atoms with Crippen molar-refractivity contribution < 1.29 is 13.9 Å². The van der Waals surface area contributed by atoms with Gasteiger partial charge in [-0.25, -0.2) is 14.2 Å². The first-order valence-electron chi connectivity index (χ1n) is 7.87. The number of hydrogen-bond donors (Lipinski definition) is 1. The fourth-order valence-electron chi connectivity index (χ4n) is 2.58. The van der Waals surface area contributed by atoms with Crippen LogP contribution in [0.3, 0.4) is 0 Å². The summed E-state index contributed by atoms with van der Waals surface area (Å²) >= 11 is 0. The molecule has 0 heterocycles. The molecular weight excluding hydrogens is 333 g/mol. The maximum absolute atomic E-state index is 13.2. The average molecular weight is 353 g/mol. The van der Waals surface area contributed by atoms with Crippen LogP contribution in [0.15, 0.2) is 71.6 Å². The van der Waals surface area contributed by atoms with E-state index in [9.17, 15) is 9.18 Å². The Morgan fingerprint density at radius 1 is 1.23 bits per heavy atom. The first-order valence-corrected chi connectivity index (χ1v) is 7.87. The highest BCUT2D eigenvalue weighted by Crippen LogP contribution is 2.30. The molecule has 0 aromatic heterocycles. The van der Waals surface area contributed by atoms with E-state index < -0.39 is 5.97 Å². The lowest BCUT2D eigenvalue weighted by atomic mass is 9.97. The molecule has 2 aromatic rings. The van der Waals surface area contributed by atoms with Crippen LogP contribution in [0.2, 0.25) is 0 Å². The fourth-order valence-corrected chi connectivity index (χ4v) is 2.58. The number of carbonyl (C=O) groups is 1. The minimum Gasteiger partial charge on any atom is -0.465 e. The zero-order chi connectivity index (χ0) is 19.3. The number of benzene rings is 2. The molecule has 0 aliphatic carbocycles. The van der Waals surface area contributed by atoms with E-state index in [1.165, 1.54) is 36.4 Å². The summed E-state index contributed by atoms with van der Waals surface area (Å²) in [6.07, 6.45) is 0. The van der Waals surface area contributed by atoms with Crippen LogP contribution in [-0.4, -0.2) is 13.1 Å². The molecular formula is C20H20FN3O2. The number of carbonyl (C=O) groups excluding carboxylic acids is 1. The van der Waals surface area contributed by atoms with Gasteiger partial charge in [0.25, 0.3) is 0 Å². The number of hydrogen-bond acceptors (Lipinski definition) is 4. The summed E-state index contributed by atoms with van der Waals surface area (Å²) in [5.41, 5.74) is 10.6. The molecule has 0 aliphatic heterocycles. The van der Waals surface area contributed by atoms with E-state index in [0.29, 0.717) is 22.5 Å². The molecule has 134 valence electrons. The number of rotatable bonds is 6. The van der Waals surface area contributed by atoms with Gasteiger partial charge in [-0.05, 0) is 54.8 Å². The lowest BCUT2D eigenvalue weighted by molar-refractivity contribution is -0.135. The molecule has 0 saturated carbocycles. The molecule has 0 aliphatic rings. The van der Waals surface area contributed by atoms with E-state index in [4.69, 9.17) is 10.3 Å². The summed E-state index contributed by atoms with van der Waals surface area (Å²) in [6.45, 7) is 7.54. The number of anilines is 1. The molecule has 0 unspecified atom stereocenters. The Kier molecular flexibility index (Phi) is 6.01. The van der Waals surface area contributed by atoms with Crippen molar-refractivity contribution in [1.82, 2.24) is 0 Å². The molecule has 0 amide bonds. The van der Waals surface area contributed by atoms with Gasteiger partial charge in [-0.1, -0.05) is 36.1 Å². The summed E-state index contributed by atoms with van der Waals surface area (Å²) < 4.78 is 18.1. The molecule has 1 N–H and O–H groups in total. The summed E-state index contributed by atoms with van der Waals surface area (Å²) in [5.74, 6) is -0.998. The van der Waals surface area contributed by atoms with Gasteiger partial charge in [-0.15, -0.1) is 0 Å². The molecule has 6 heteroatoms. The second-order valence-corrected chi connectivity index (χ2v) is 5.69. The van der Waals surface area contributed by atoms with Gasteiger partial charge in [0.2, 0.25) is 0 Å². The largest absolute Gasteiger partial charge is 0.465 e. The molecule has 2 rings (SSSR count). The number of nitrogens with zero attached hydrogens (tertiary/aromatic N) is 2. The number of halogens is 1. The van der Waals surface area contributed by atoms with E-state index >= 15 is 0 Å². The van der Waals surface area contributed by atoms with Crippen LogP contribution in [0.25, 0.3) is 5.57 Å². The first-order chi connectivity index (χ1) is 12.4. The topological polar surface area (TPSA) is 65.8 Å². The Morgan fingerprint density at radius 3 is 2.42 bits per heavy atom. The number of esters is 1. The van der Waals surface area contributed by atoms with E-state index in [2.05, 4.69) is 11.8 Å². The lowest BCUT2D eigenvalue weighted by Gasteiger charge is -2.22. The fraction of sp³-hybridized carbons (Fsp3) is 0.150. The van der Waals surface area contributed by atoms with Crippen molar-refractivity contribution >= 4 is 17.2 Å². The van der Waals surface area contributed by atoms with Gasteiger partial charge in [0, 0.05) is 0 Å². The predicted octanol–water partition coefficient (Wildman–Crippen LogP) is 5.05. The molecule has 5 nitrogen and oxygen atoms in total. The highest BCUT2D eigenvalue weighted by Gasteiger charge is 2.23. The maximum Gasteiger partial charge on any atom is 0.340 e. The van der Waals surface area contributed by atoms with Crippen molar-refractivity contribution in [2.24, 2.45) is 5.22 Å². The number of aryl methyl sites for hydroxylation is 1. The minimum atomic E-state index is -0.613. The van der Waals surface area contributed by atoms with Crippen LogP contribution >= 0.6 is 0 Å². The highest BCUT2D eigenvalue weighted by molar-refractivity contribution is 6.06. The first kappa shape index (κ1) is 19.1. The molecule has 0 fully saturated rings. The maximum atomic E-state index is 13.2. The SMILES string of the molecule is C=C(/C(C(=O)OC)=C(/C)N(N=N)c1cccc(C)c1)c1ccc(F)cc1. The van der Waals surface area contributed by atoms with Crippen molar-refractivity contribution in [3.8, 4) is 0 Å². The van der Waals surface area contributed by atoms with E-state index in [1.807, 2.05) is 25.1 Å². The zero-order valence-electron chi connectivity index (χ0n) is 14.9. The number of allylic oxidation sites excluding steroid dienone is 1. The van der Waals surface area contributed by atoms with Gasteiger partial charge < -0.3 is 4.74 Å². The van der Waals surface area contributed by atoms with Crippen molar-refractivity contribution in [2.75, 3.05) is 12.1 Å². The van der Waals surface area contributed by atoms with Crippen LogP contribution in [0.4, 0.5) is 10.1 Å². The third-order valence-corrected chi connectivity index (χ3v) is 3.91. The van der Waals surface area contributed by atoms with E-state index in [-0.39, 0.29) is 11.4 Å². The van der Waals surface area contributed by atoms with Gasteiger partial charge in [-0.2, -0.15) is 5.53 Å². The summed E-state index contributed by atoms with van der Waals surface area (Å²) in [6, 6.07) is 13.0. The third kappa shape index (κ3) is 4.03. The molecule has 0 atom stereocenters. The quantitative estimate of drug-likeness (QED) is 0.260. The number of ether oxygens (including phenoxy) is 1. The van der Waals surface area contributed by atoms with Crippen LogP contribution in [0.5, 0.6) is 0 Å². The number of methoxy groups -OCH3 is 1. The lowest BCUT2D eigenvalue weighted by Crippen LogP contribution is -2.19. The van der Waals surface area contributed by atoms with Gasteiger partial charge in [0.1, 0.15) is 5.82 Å². The van der Waals surface area contributed by atoms with Crippen LogP contribution < -0.4 is 5.01 Å². The monoisotopic (exact) mass is 353 g/mol. The Balaban J connectivity index is 2.58. The van der Waals surface area contributed by atoms with Crippen LogP contribution in [0, 0.1) is 18.3 Å². The molecule has 0 radical (unpaired) electrons. The van der Waals surface area contributed by atoms with E-state index in [1.54, 1.807) is 13.0 Å². The van der Waals surface area contributed by atoms with Gasteiger partial charge in [0.15, 0.2) is 0 Å². The zero-order valence-corrected chi connectivity index (χ0v) is 14.9. The van der Waals surface area contributed by atoms with Crippen molar-refractivity contribution in [3.63, 3.8) is 0 Å². The Morgan fingerprint density at radius 2 is 1.88 bits per heavy atom. The normalized spacial score (nSPS) is 11.4. The summed E-state index contributed by atoms with van der Waals surface area (Å²) in [5, 5.41) is 4.87. The predicted molar refractivity (Wildman–Crippen MR) is 99.0 cm³/mol. The van der Waals surface area contributed by atoms with Gasteiger partial charge >= 0.3 is 5.97 Å². The van der Waals surface area contributed by atoms with Crippen LogP contribution in [0.1, 0.15) is 18.1 Å². The molecule has 2 aromatic carbocycles. The molecule has 26 heavy (non-hydrogen) atoms. The average Bonchev–Trinajstić information content (AvgIpc) is 2.63. The van der Waals surface area contributed by atoms with Crippen LogP contribution in [-0.2, 0) is 9.53 Å². The van der Waals surface area contributed by atoms with E-state index in [0.717, 1.165) is 5.56 Å². The standard InChI is InChI=1S/C20H20FN3O2/c1-13-6-5-7-18(12-13)24(23-22)15(3)19(20(25)26-4)14(2)16-8-10-17(21)11-9-16/h5-12,22H,2H2,1,3-4H3/b19-15+,23-22?. The Labute approximate surface area is 151 Å². The number of nitrogens with one attached hydrogen (secondary N) is 1. The Hall–Kier alpha value is -3.28. The second-order valence-electron chi connectivity index (χ2n) is 5.69. The molecule has 0 spiro atoms. The minimum absolute atomic E-state index is 0.164. The Bertz CT molecular complexity index is 873. The van der Waals surface area contributed by atoms with Gasteiger partial charge in [0.05, 0.1) is 24.1 Å². The van der Waals surface area contributed by atoms with Gasteiger partial charge in [-0.3, -0.25) is 0 Å². The summed E-state index contributed by atoms with van der Waals surface area (Å²) in [7, 11) is 1.27. The molecule has 0 bridgehead atoms. The van der Waals surface area contributed by atoms with Crippen molar-refractivity contribution in [1.29, 1.82) is 5.53 Å². The second kappa shape index (κ2) is 8.20.